The molecule has 6 heteroatoms. The Kier molecular flexibility index (Phi) is 4.95. The van der Waals surface area contributed by atoms with Gasteiger partial charge >= 0.3 is 0 Å². The molecule has 1 aliphatic rings. The summed E-state index contributed by atoms with van der Waals surface area (Å²) in [7, 11) is 0. The van der Waals surface area contributed by atoms with Crippen LogP contribution in [-0.4, -0.2) is 52.4 Å². The van der Waals surface area contributed by atoms with Crippen LogP contribution in [-0.2, 0) is 13.1 Å². The number of nitrogens with zero attached hydrogens (tertiary/aromatic N) is 4. The van der Waals surface area contributed by atoms with Gasteiger partial charge in [-0.15, -0.1) is 10.2 Å². The fourth-order valence-corrected chi connectivity index (χ4v) is 2.33. The van der Waals surface area contributed by atoms with Crippen molar-refractivity contribution in [1.29, 1.82) is 0 Å². The van der Waals surface area contributed by atoms with E-state index in [9.17, 15) is 0 Å². The average Bonchev–Trinajstić information content (AvgIpc) is 2.59. The van der Waals surface area contributed by atoms with Crippen molar-refractivity contribution in [2.24, 2.45) is 0 Å². The first-order valence-electron chi connectivity index (χ1n) is 6.94. The maximum absolute atomic E-state index is 4.32. The number of rotatable bonds is 5. The van der Waals surface area contributed by atoms with Crippen molar-refractivity contribution in [2.45, 2.75) is 33.4 Å². The van der Waals surface area contributed by atoms with Crippen molar-refractivity contribution in [2.75, 3.05) is 38.0 Å². The third-order valence-electron chi connectivity index (χ3n) is 3.28. The Morgan fingerprint density at radius 3 is 2.89 bits per heavy atom. The van der Waals surface area contributed by atoms with E-state index in [0.29, 0.717) is 0 Å². The molecule has 0 bridgehead atoms. The largest absolute Gasteiger partial charge is 0.355 e. The fraction of sp³-hybridized carbons (Fsp3) is 0.833. The van der Waals surface area contributed by atoms with Crippen LogP contribution in [0.3, 0.4) is 0 Å². The number of nitrogens with one attached hydrogen (secondary N) is 2. The van der Waals surface area contributed by atoms with Gasteiger partial charge in [-0.25, -0.2) is 0 Å². The lowest BCUT2D eigenvalue weighted by atomic mass is 10.4. The minimum atomic E-state index is 0.881. The molecule has 0 atom stereocenters. The molecular weight excluding hydrogens is 228 g/mol. The first-order valence-corrected chi connectivity index (χ1v) is 6.94. The van der Waals surface area contributed by atoms with E-state index in [0.717, 1.165) is 57.6 Å². The van der Waals surface area contributed by atoms with Crippen molar-refractivity contribution < 1.29 is 0 Å². The molecule has 6 nitrogen and oxygen atoms in total. The summed E-state index contributed by atoms with van der Waals surface area (Å²) in [4.78, 5) is 2.45. The Labute approximate surface area is 109 Å². The van der Waals surface area contributed by atoms with Gasteiger partial charge in [0.1, 0.15) is 5.82 Å². The monoisotopic (exact) mass is 252 g/mol. The predicted octanol–water partition coefficient (Wildman–Crippen LogP) is 0.525. The second-order valence-electron chi connectivity index (χ2n) is 4.59. The van der Waals surface area contributed by atoms with Gasteiger partial charge in [0.25, 0.3) is 0 Å². The molecule has 0 spiro atoms. The molecule has 1 aromatic rings. The lowest BCUT2D eigenvalue weighted by Gasteiger charge is -2.19. The van der Waals surface area contributed by atoms with E-state index in [1.807, 2.05) is 0 Å². The molecule has 2 N–H and O–H groups in total. The molecule has 0 unspecified atom stereocenters. The van der Waals surface area contributed by atoms with E-state index in [-0.39, 0.29) is 0 Å². The van der Waals surface area contributed by atoms with Gasteiger partial charge < -0.3 is 10.6 Å². The van der Waals surface area contributed by atoms with Crippen molar-refractivity contribution in [1.82, 2.24) is 25.0 Å². The Morgan fingerprint density at radius 2 is 2.11 bits per heavy atom. The van der Waals surface area contributed by atoms with Gasteiger partial charge in [-0.3, -0.25) is 9.47 Å². The van der Waals surface area contributed by atoms with Gasteiger partial charge in [0.05, 0.1) is 6.54 Å². The number of hydrogen-bond acceptors (Lipinski definition) is 5. The van der Waals surface area contributed by atoms with E-state index in [2.05, 4.69) is 44.1 Å². The molecule has 2 heterocycles. The SMILES string of the molecule is CCNc1nnc(CN2CCCNCC2)n1CC. The number of anilines is 1. The molecule has 0 aliphatic carbocycles. The normalized spacial score (nSPS) is 17.7. The number of aromatic nitrogens is 3. The van der Waals surface area contributed by atoms with Crippen LogP contribution >= 0.6 is 0 Å². The van der Waals surface area contributed by atoms with Crippen LogP contribution in [0.15, 0.2) is 0 Å². The van der Waals surface area contributed by atoms with E-state index >= 15 is 0 Å². The minimum absolute atomic E-state index is 0.881. The van der Waals surface area contributed by atoms with Gasteiger partial charge in [-0.2, -0.15) is 0 Å². The highest BCUT2D eigenvalue weighted by Crippen LogP contribution is 2.10. The summed E-state index contributed by atoms with van der Waals surface area (Å²) < 4.78 is 2.17. The summed E-state index contributed by atoms with van der Waals surface area (Å²) in [6, 6.07) is 0. The highest BCUT2D eigenvalue weighted by atomic mass is 15.4. The lowest BCUT2D eigenvalue weighted by molar-refractivity contribution is 0.273. The van der Waals surface area contributed by atoms with Crippen molar-refractivity contribution >= 4 is 5.95 Å². The third-order valence-corrected chi connectivity index (χ3v) is 3.28. The molecule has 0 radical (unpaired) electrons. The van der Waals surface area contributed by atoms with Crippen molar-refractivity contribution in [3.05, 3.63) is 5.82 Å². The Balaban J connectivity index is 2.03. The Hall–Kier alpha value is -1.14. The summed E-state index contributed by atoms with van der Waals surface area (Å²) in [6.07, 6.45) is 1.21. The van der Waals surface area contributed by atoms with E-state index in [1.54, 1.807) is 0 Å². The summed E-state index contributed by atoms with van der Waals surface area (Å²) in [6.45, 7) is 11.3. The Bertz CT molecular complexity index is 353. The van der Waals surface area contributed by atoms with Crippen LogP contribution in [0.4, 0.5) is 5.95 Å². The minimum Gasteiger partial charge on any atom is -0.355 e. The summed E-state index contributed by atoms with van der Waals surface area (Å²) >= 11 is 0. The van der Waals surface area contributed by atoms with E-state index in [4.69, 9.17) is 0 Å². The smallest absolute Gasteiger partial charge is 0.224 e. The molecule has 0 saturated carbocycles. The molecule has 0 amide bonds. The topological polar surface area (TPSA) is 58.0 Å². The van der Waals surface area contributed by atoms with Gasteiger partial charge in [-0.1, -0.05) is 0 Å². The summed E-state index contributed by atoms with van der Waals surface area (Å²) in [5, 5.41) is 15.2. The standard InChI is InChI=1S/C12H24N6/c1-3-14-12-16-15-11(18(12)4-2)10-17-8-5-6-13-7-9-17/h13H,3-10H2,1-2H3,(H,14,16). The zero-order valence-electron chi connectivity index (χ0n) is 11.4. The molecule has 2 rings (SSSR count). The van der Waals surface area contributed by atoms with Gasteiger partial charge in [0.2, 0.25) is 5.95 Å². The van der Waals surface area contributed by atoms with Gasteiger partial charge in [0, 0.05) is 26.2 Å². The molecule has 18 heavy (non-hydrogen) atoms. The Morgan fingerprint density at radius 1 is 1.22 bits per heavy atom. The highest BCUT2D eigenvalue weighted by molar-refractivity contribution is 5.25. The molecule has 1 saturated heterocycles. The van der Waals surface area contributed by atoms with Crippen LogP contribution < -0.4 is 10.6 Å². The molecule has 1 aromatic heterocycles. The van der Waals surface area contributed by atoms with Crippen LogP contribution in [0.2, 0.25) is 0 Å². The van der Waals surface area contributed by atoms with E-state index < -0.39 is 0 Å². The lowest BCUT2D eigenvalue weighted by Crippen LogP contribution is -2.29. The van der Waals surface area contributed by atoms with Gasteiger partial charge in [-0.05, 0) is 33.4 Å². The molecule has 1 aliphatic heterocycles. The maximum Gasteiger partial charge on any atom is 0.224 e. The van der Waals surface area contributed by atoms with Crippen molar-refractivity contribution in [3.8, 4) is 0 Å². The fourth-order valence-electron chi connectivity index (χ4n) is 2.33. The van der Waals surface area contributed by atoms with E-state index in [1.165, 1.54) is 6.42 Å². The molecule has 0 aromatic carbocycles. The quantitative estimate of drug-likeness (QED) is 0.800. The molecule has 102 valence electrons. The third kappa shape index (κ3) is 3.20. The van der Waals surface area contributed by atoms with Crippen LogP contribution in [0.25, 0.3) is 0 Å². The first-order chi connectivity index (χ1) is 8.85. The van der Waals surface area contributed by atoms with Crippen LogP contribution in [0.5, 0.6) is 0 Å². The number of hydrogen-bond donors (Lipinski definition) is 2. The molecule has 1 fully saturated rings. The van der Waals surface area contributed by atoms with Crippen LogP contribution in [0, 0.1) is 0 Å². The van der Waals surface area contributed by atoms with Crippen LogP contribution in [0.1, 0.15) is 26.1 Å². The second kappa shape index (κ2) is 6.70. The predicted molar refractivity (Wildman–Crippen MR) is 72.6 cm³/mol. The highest BCUT2D eigenvalue weighted by Gasteiger charge is 2.15. The first kappa shape index (κ1) is 13.3. The zero-order valence-corrected chi connectivity index (χ0v) is 11.4. The van der Waals surface area contributed by atoms with Gasteiger partial charge in [0.15, 0.2) is 0 Å². The zero-order chi connectivity index (χ0) is 12.8. The summed E-state index contributed by atoms with van der Waals surface area (Å²) in [5.41, 5.74) is 0. The summed E-state index contributed by atoms with van der Waals surface area (Å²) in [5.74, 6) is 1.96. The maximum atomic E-state index is 4.32. The molecular formula is C12H24N6. The second-order valence-corrected chi connectivity index (χ2v) is 4.59. The average molecular weight is 252 g/mol. The van der Waals surface area contributed by atoms with Crippen molar-refractivity contribution in [3.63, 3.8) is 0 Å².